The highest BCUT2D eigenvalue weighted by atomic mass is 19.1. The van der Waals surface area contributed by atoms with E-state index in [4.69, 9.17) is 14.5 Å². The molecular weight excluding hydrogens is 451 g/mol. The fourth-order valence-corrected chi connectivity index (χ4v) is 4.28. The predicted molar refractivity (Wildman–Crippen MR) is 131 cm³/mol. The van der Waals surface area contributed by atoms with Crippen molar-refractivity contribution in [2.24, 2.45) is 0 Å². The Bertz CT molecular complexity index is 1220. The largest absolute Gasteiger partial charge is 0.465 e. The molecule has 1 aromatic heterocycles. The summed E-state index contributed by atoms with van der Waals surface area (Å²) in [6.07, 6.45) is 1.26. The lowest BCUT2D eigenvalue weighted by molar-refractivity contribution is 0.0498. The van der Waals surface area contributed by atoms with Crippen LogP contribution in [-0.4, -0.2) is 53.5 Å². The summed E-state index contributed by atoms with van der Waals surface area (Å²) in [7, 11) is 1.34. The number of carbonyl (C=O) groups is 2. The monoisotopic (exact) mass is 482 g/mol. The number of nitrogens with one attached hydrogen (secondary N) is 1. The first-order valence-corrected chi connectivity index (χ1v) is 11.7. The number of fused-ring (bicyclic) bond motifs is 1. The second kappa shape index (κ2) is 9.93. The number of anilines is 1. The highest BCUT2D eigenvalue weighted by Crippen LogP contribution is 2.28. The van der Waals surface area contributed by atoms with E-state index in [1.807, 2.05) is 26.8 Å². The molecule has 35 heavy (non-hydrogen) atoms. The highest BCUT2D eigenvalue weighted by Gasteiger charge is 2.27. The van der Waals surface area contributed by atoms with E-state index < -0.39 is 17.7 Å². The van der Waals surface area contributed by atoms with E-state index in [1.165, 1.54) is 19.2 Å². The Morgan fingerprint density at radius 1 is 1.17 bits per heavy atom. The van der Waals surface area contributed by atoms with Crippen molar-refractivity contribution in [3.63, 3.8) is 0 Å². The maximum atomic E-state index is 13.5. The SMILES string of the molecule is COC(=O)c1ccc2c(c1)nc(N1CCC[C@@H](NC(=O)OC(C)(C)C)C1)n2Cc1ccc(F)cc1. The molecule has 0 radical (unpaired) electrons. The number of halogens is 1. The number of hydrogen-bond donors (Lipinski definition) is 1. The number of carbonyl (C=O) groups excluding carboxylic acids is 2. The van der Waals surface area contributed by atoms with Gasteiger partial charge in [-0.3, -0.25) is 0 Å². The van der Waals surface area contributed by atoms with Crippen LogP contribution in [0.1, 0.15) is 49.5 Å². The molecule has 1 N–H and O–H groups in total. The van der Waals surface area contributed by atoms with Gasteiger partial charge in [0.2, 0.25) is 5.95 Å². The lowest BCUT2D eigenvalue weighted by atomic mass is 10.1. The number of aromatic nitrogens is 2. The Morgan fingerprint density at radius 3 is 2.60 bits per heavy atom. The van der Waals surface area contributed by atoms with Crippen molar-refractivity contribution in [1.82, 2.24) is 14.9 Å². The molecule has 1 fully saturated rings. The summed E-state index contributed by atoms with van der Waals surface area (Å²) in [6.45, 7) is 7.31. The first kappa shape index (κ1) is 24.5. The molecule has 1 aliphatic rings. The predicted octanol–water partition coefficient (Wildman–Crippen LogP) is 4.50. The zero-order valence-electron chi connectivity index (χ0n) is 20.5. The smallest absolute Gasteiger partial charge is 0.407 e. The lowest BCUT2D eigenvalue weighted by Gasteiger charge is -2.34. The summed E-state index contributed by atoms with van der Waals surface area (Å²) < 4.78 is 25.8. The molecule has 9 heteroatoms. The van der Waals surface area contributed by atoms with E-state index in [2.05, 4.69) is 14.8 Å². The third kappa shape index (κ3) is 5.90. The van der Waals surface area contributed by atoms with Gasteiger partial charge in [0.25, 0.3) is 0 Å². The van der Waals surface area contributed by atoms with Crippen molar-refractivity contribution in [2.45, 2.75) is 51.8 Å². The quantitative estimate of drug-likeness (QED) is 0.539. The highest BCUT2D eigenvalue weighted by molar-refractivity contribution is 5.94. The summed E-state index contributed by atoms with van der Waals surface area (Å²) in [5.41, 5.74) is 2.27. The minimum atomic E-state index is -0.571. The van der Waals surface area contributed by atoms with E-state index >= 15 is 0 Å². The van der Waals surface area contributed by atoms with Gasteiger partial charge in [-0.1, -0.05) is 12.1 Å². The van der Waals surface area contributed by atoms with E-state index in [-0.39, 0.29) is 11.9 Å². The Morgan fingerprint density at radius 2 is 1.91 bits per heavy atom. The van der Waals surface area contributed by atoms with Gasteiger partial charge >= 0.3 is 12.1 Å². The fraction of sp³-hybridized carbons (Fsp3) is 0.423. The molecule has 8 nitrogen and oxygen atoms in total. The van der Waals surface area contributed by atoms with Crippen molar-refractivity contribution in [3.8, 4) is 0 Å². The average molecular weight is 483 g/mol. The summed E-state index contributed by atoms with van der Waals surface area (Å²) in [4.78, 5) is 31.4. The normalized spacial score (nSPS) is 16.3. The van der Waals surface area contributed by atoms with Crippen molar-refractivity contribution in [2.75, 3.05) is 25.1 Å². The maximum absolute atomic E-state index is 13.5. The van der Waals surface area contributed by atoms with E-state index in [0.29, 0.717) is 24.2 Å². The molecule has 1 aliphatic heterocycles. The van der Waals surface area contributed by atoms with E-state index in [9.17, 15) is 14.0 Å². The first-order valence-electron chi connectivity index (χ1n) is 11.7. The van der Waals surface area contributed by atoms with Crippen LogP contribution in [0.4, 0.5) is 15.1 Å². The number of imidazole rings is 1. The van der Waals surface area contributed by atoms with Crippen LogP contribution < -0.4 is 10.2 Å². The van der Waals surface area contributed by atoms with Gasteiger partial charge < -0.3 is 24.3 Å². The zero-order valence-corrected chi connectivity index (χ0v) is 20.5. The van der Waals surface area contributed by atoms with Crippen LogP contribution in [0.25, 0.3) is 11.0 Å². The van der Waals surface area contributed by atoms with Gasteiger partial charge in [0.15, 0.2) is 0 Å². The van der Waals surface area contributed by atoms with Crippen molar-refractivity contribution in [1.29, 1.82) is 0 Å². The number of ether oxygens (including phenoxy) is 2. The van der Waals surface area contributed by atoms with Crippen molar-refractivity contribution < 1.29 is 23.5 Å². The number of piperidine rings is 1. The topological polar surface area (TPSA) is 85.7 Å². The van der Waals surface area contributed by atoms with E-state index in [0.717, 1.165) is 36.4 Å². The van der Waals surface area contributed by atoms with Gasteiger partial charge in [0.05, 0.1) is 30.3 Å². The number of nitrogens with zero attached hydrogens (tertiary/aromatic N) is 3. The maximum Gasteiger partial charge on any atom is 0.407 e. The molecule has 2 heterocycles. The molecule has 0 aliphatic carbocycles. The van der Waals surface area contributed by atoms with E-state index in [1.54, 1.807) is 24.3 Å². The number of amides is 1. The molecule has 0 bridgehead atoms. The molecule has 1 atom stereocenters. The second-order valence-corrected chi connectivity index (χ2v) is 9.75. The molecule has 0 saturated carbocycles. The molecule has 3 aromatic rings. The fourth-order valence-electron chi connectivity index (χ4n) is 4.28. The Hall–Kier alpha value is -3.62. The Balaban J connectivity index is 1.65. The summed E-state index contributed by atoms with van der Waals surface area (Å²) >= 11 is 0. The van der Waals surface area contributed by atoms with Gasteiger partial charge in [0.1, 0.15) is 11.4 Å². The number of rotatable bonds is 5. The standard InChI is InChI=1S/C26H31FN4O4/c1-26(2,3)35-25(33)28-20-6-5-13-30(16-20)24-29-21-14-18(23(32)34-4)9-12-22(21)31(24)15-17-7-10-19(27)11-8-17/h7-12,14,20H,5-6,13,15-16H2,1-4H3,(H,28,33)/t20-/m1/s1. The van der Waals surface area contributed by atoms with Crippen molar-refractivity contribution in [3.05, 3.63) is 59.4 Å². The van der Waals surface area contributed by atoms with Crippen LogP contribution in [-0.2, 0) is 16.0 Å². The molecule has 0 spiro atoms. The minimum absolute atomic E-state index is 0.0942. The molecule has 0 unspecified atom stereocenters. The minimum Gasteiger partial charge on any atom is -0.465 e. The number of alkyl carbamates (subject to hydrolysis) is 1. The number of benzene rings is 2. The molecule has 2 aromatic carbocycles. The molecule has 1 saturated heterocycles. The first-order chi connectivity index (χ1) is 16.6. The van der Waals surface area contributed by atoms with Crippen LogP contribution >= 0.6 is 0 Å². The summed E-state index contributed by atoms with van der Waals surface area (Å²) in [5.74, 6) is 0.00225. The number of methoxy groups -OCH3 is 1. The van der Waals surface area contributed by atoms with Gasteiger partial charge in [-0.05, 0) is 69.5 Å². The van der Waals surface area contributed by atoms with Crippen LogP contribution in [0, 0.1) is 5.82 Å². The Kier molecular flexibility index (Phi) is 6.95. The van der Waals surface area contributed by atoms with Gasteiger partial charge in [-0.2, -0.15) is 0 Å². The third-order valence-corrected chi connectivity index (χ3v) is 5.83. The number of esters is 1. The lowest BCUT2D eigenvalue weighted by Crippen LogP contribution is -2.49. The molecular formula is C26H31FN4O4. The molecule has 1 amide bonds. The van der Waals surface area contributed by atoms with Crippen LogP contribution in [0.2, 0.25) is 0 Å². The van der Waals surface area contributed by atoms with Crippen LogP contribution in [0.3, 0.4) is 0 Å². The molecule has 186 valence electrons. The zero-order chi connectivity index (χ0) is 25.2. The second-order valence-electron chi connectivity index (χ2n) is 9.75. The summed E-state index contributed by atoms with van der Waals surface area (Å²) in [6, 6.07) is 11.5. The van der Waals surface area contributed by atoms with Gasteiger partial charge in [-0.15, -0.1) is 0 Å². The molecule has 4 rings (SSSR count). The van der Waals surface area contributed by atoms with Gasteiger partial charge in [0, 0.05) is 19.1 Å². The van der Waals surface area contributed by atoms with Crippen molar-refractivity contribution >= 4 is 29.0 Å². The third-order valence-electron chi connectivity index (χ3n) is 5.83. The van der Waals surface area contributed by atoms with Gasteiger partial charge in [-0.25, -0.2) is 19.0 Å². The number of hydrogen-bond acceptors (Lipinski definition) is 6. The Labute approximate surface area is 204 Å². The van der Waals surface area contributed by atoms with Crippen LogP contribution in [0.15, 0.2) is 42.5 Å². The summed E-state index contributed by atoms with van der Waals surface area (Å²) in [5, 5.41) is 2.97. The average Bonchev–Trinajstić information content (AvgIpc) is 3.16. The van der Waals surface area contributed by atoms with Crippen LogP contribution in [0.5, 0.6) is 0 Å².